The van der Waals surface area contributed by atoms with Crippen LogP contribution in [0, 0.1) is 0 Å². The monoisotopic (exact) mass is 285 g/mol. The number of rotatable bonds is 3. The number of carboxylic acids is 1. The Kier molecular flexibility index (Phi) is 3.77. The maximum Gasteiger partial charge on any atom is 0.337 e. The lowest BCUT2D eigenvalue weighted by Crippen LogP contribution is -2.50. The second-order valence-corrected chi connectivity index (χ2v) is 6.58. The number of para-hydroxylation sites is 1. The molecule has 0 radical (unpaired) electrons. The largest absolute Gasteiger partial charge is 0.478 e. The molecule has 19 heavy (non-hydrogen) atoms. The van der Waals surface area contributed by atoms with Crippen molar-refractivity contribution in [2.24, 2.45) is 0 Å². The maximum atomic E-state index is 11.8. The van der Waals surface area contributed by atoms with Gasteiger partial charge in [-0.15, -0.1) is 0 Å². The van der Waals surface area contributed by atoms with E-state index in [1.807, 2.05) is 0 Å². The second kappa shape index (κ2) is 5.18. The quantitative estimate of drug-likeness (QED) is 0.875. The van der Waals surface area contributed by atoms with E-state index in [2.05, 4.69) is 0 Å². The van der Waals surface area contributed by atoms with Crippen LogP contribution in [0.25, 0.3) is 0 Å². The molecule has 1 unspecified atom stereocenters. The van der Waals surface area contributed by atoms with E-state index >= 15 is 0 Å². The zero-order valence-corrected chi connectivity index (χ0v) is 11.3. The summed E-state index contributed by atoms with van der Waals surface area (Å²) in [5.41, 5.74) is 0.506. The van der Waals surface area contributed by atoms with E-state index in [9.17, 15) is 18.3 Å². The first kappa shape index (κ1) is 13.8. The fourth-order valence-electron chi connectivity index (χ4n) is 2.12. The van der Waals surface area contributed by atoms with Crippen LogP contribution in [0.3, 0.4) is 0 Å². The van der Waals surface area contributed by atoms with Gasteiger partial charge in [0, 0.05) is 12.8 Å². The van der Waals surface area contributed by atoms with Crippen LogP contribution in [-0.4, -0.2) is 50.9 Å². The number of benzene rings is 1. The van der Waals surface area contributed by atoms with Crippen molar-refractivity contribution in [3.05, 3.63) is 29.8 Å². The van der Waals surface area contributed by atoms with Gasteiger partial charge in [0.2, 0.25) is 0 Å². The van der Waals surface area contributed by atoms with Gasteiger partial charge < -0.3 is 14.7 Å². The molecular weight excluding hydrogens is 270 g/mol. The molecule has 1 fully saturated rings. The fourth-order valence-corrected chi connectivity index (χ4v) is 3.14. The van der Waals surface area contributed by atoms with Crippen LogP contribution >= 0.6 is 0 Å². The number of nitrogens with zero attached hydrogens (tertiary/aromatic N) is 1. The molecule has 1 N–H and O–H groups in total. The second-order valence-electron chi connectivity index (χ2n) is 4.37. The summed E-state index contributed by atoms with van der Waals surface area (Å²) in [5, 5.41) is 8.33. The zero-order valence-electron chi connectivity index (χ0n) is 10.4. The van der Waals surface area contributed by atoms with Crippen LogP contribution in [0.4, 0.5) is 5.69 Å². The molecule has 2 rings (SSSR count). The van der Waals surface area contributed by atoms with Crippen LogP contribution in [0.15, 0.2) is 24.3 Å². The summed E-state index contributed by atoms with van der Waals surface area (Å²) in [4.78, 5) is 12.8. The third kappa shape index (κ3) is 2.87. The molecule has 0 aromatic heterocycles. The molecule has 0 saturated carbocycles. The molecular formula is C12H15NO5S. The summed E-state index contributed by atoms with van der Waals surface area (Å²) in [6.45, 7) is 0.773. The number of carbonyl (C=O) groups is 1. The Morgan fingerprint density at radius 3 is 2.74 bits per heavy atom. The Hall–Kier alpha value is -1.60. The van der Waals surface area contributed by atoms with Crippen molar-refractivity contribution in [2.45, 2.75) is 5.37 Å². The number of hydrogen-bond donors (Lipinski definition) is 1. The van der Waals surface area contributed by atoms with Gasteiger partial charge in [-0.25, -0.2) is 13.2 Å². The molecule has 0 amide bonds. The first-order valence-electron chi connectivity index (χ1n) is 5.77. The van der Waals surface area contributed by atoms with Crippen LogP contribution in [-0.2, 0) is 14.6 Å². The number of ether oxygens (including phenoxy) is 1. The predicted molar refractivity (Wildman–Crippen MR) is 70.2 cm³/mol. The van der Waals surface area contributed by atoms with Crippen molar-refractivity contribution in [3.63, 3.8) is 0 Å². The van der Waals surface area contributed by atoms with Gasteiger partial charge in [0.15, 0.2) is 15.2 Å². The maximum absolute atomic E-state index is 11.8. The number of aromatic carboxylic acids is 1. The topological polar surface area (TPSA) is 83.9 Å². The number of carboxylic acid groups (broad SMARTS) is 1. The van der Waals surface area contributed by atoms with Gasteiger partial charge in [-0.1, -0.05) is 12.1 Å². The standard InChI is InChI=1S/C12H15NO5S/c1-19(16,17)11-8-18-7-6-13(11)10-5-3-2-4-9(10)12(14)15/h2-5,11H,6-8H2,1H3,(H,14,15). The van der Waals surface area contributed by atoms with E-state index in [1.165, 1.54) is 6.07 Å². The van der Waals surface area contributed by atoms with E-state index in [0.717, 1.165) is 6.26 Å². The Morgan fingerprint density at radius 2 is 2.11 bits per heavy atom. The van der Waals surface area contributed by atoms with Gasteiger partial charge >= 0.3 is 5.97 Å². The Balaban J connectivity index is 2.46. The minimum atomic E-state index is -3.36. The summed E-state index contributed by atoms with van der Waals surface area (Å²) < 4.78 is 28.8. The molecule has 104 valence electrons. The highest BCUT2D eigenvalue weighted by molar-refractivity contribution is 7.91. The van der Waals surface area contributed by atoms with Crippen molar-refractivity contribution in [1.82, 2.24) is 0 Å². The van der Waals surface area contributed by atoms with Gasteiger partial charge in [0.1, 0.15) is 0 Å². The first-order chi connectivity index (χ1) is 8.91. The number of hydrogen-bond acceptors (Lipinski definition) is 5. The smallest absolute Gasteiger partial charge is 0.337 e. The number of anilines is 1. The lowest BCUT2D eigenvalue weighted by Gasteiger charge is -2.36. The van der Waals surface area contributed by atoms with Crippen LogP contribution in [0.1, 0.15) is 10.4 Å². The van der Waals surface area contributed by atoms with Crippen LogP contribution in [0.5, 0.6) is 0 Å². The summed E-state index contributed by atoms with van der Waals surface area (Å²) in [5.74, 6) is -1.07. The summed E-state index contributed by atoms with van der Waals surface area (Å²) in [6, 6.07) is 6.39. The summed E-state index contributed by atoms with van der Waals surface area (Å²) in [6.07, 6.45) is 1.13. The average molecular weight is 285 g/mol. The van der Waals surface area contributed by atoms with Crippen LogP contribution in [0.2, 0.25) is 0 Å². The third-order valence-electron chi connectivity index (χ3n) is 3.02. The molecule has 1 heterocycles. The minimum absolute atomic E-state index is 0.0484. The molecule has 0 spiro atoms. The molecule has 1 aromatic carbocycles. The first-order valence-corrected chi connectivity index (χ1v) is 7.72. The molecule has 1 aromatic rings. The number of morpholine rings is 1. The molecule has 0 aliphatic carbocycles. The lowest BCUT2D eigenvalue weighted by atomic mass is 10.1. The molecule has 0 bridgehead atoms. The van der Waals surface area contributed by atoms with Gasteiger partial charge in [-0.3, -0.25) is 0 Å². The van der Waals surface area contributed by atoms with E-state index in [0.29, 0.717) is 18.8 Å². The SMILES string of the molecule is CS(=O)(=O)C1COCCN1c1ccccc1C(=O)O. The average Bonchev–Trinajstić information content (AvgIpc) is 2.37. The van der Waals surface area contributed by atoms with Crippen molar-refractivity contribution in [3.8, 4) is 0 Å². The van der Waals surface area contributed by atoms with Crippen molar-refractivity contribution >= 4 is 21.5 Å². The van der Waals surface area contributed by atoms with Gasteiger partial charge in [0.05, 0.1) is 24.5 Å². The van der Waals surface area contributed by atoms with E-state index in [1.54, 1.807) is 23.1 Å². The summed E-state index contributed by atoms with van der Waals surface area (Å²) in [7, 11) is -3.36. The van der Waals surface area contributed by atoms with Crippen molar-refractivity contribution in [1.29, 1.82) is 0 Å². The molecule has 1 atom stereocenters. The van der Waals surface area contributed by atoms with E-state index in [-0.39, 0.29) is 12.2 Å². The normalized spacial score (nSPS) is 20.3. The molecule has 6 nitrogen and oxygen atoms in total. The lowest BCUT2D eigenvalue weighted by molar-refractivity contribution is 0.0695. The van der Waals surface area contributed by atoms with Gasteiger partial charge in [0.25, 0.3) is 0 Å². The zero-order chi connectivity index (χ0) is 14.0. The van der Waals surface area contributed by atoms with Crippen molar-refractivity contribution in [2.75, 3.05) is 30.9 Å². The van der Waals surface area contributed by atoms with Crippen molar-refractivity contribution < 1.29 is 23.1 Å². The van der Waals surface area contributed by atoms with E-state index in [4.69, 9.17) is 4.74 Å². The van der Waals surface area contributed by atoms with Gasteiger partial charge in [-0.05, 0) is 12.1 Å². The highest BCUT2D eigenvalue weighted by Crippen LogP contribution is 2.26. The van der Waals surface area contributed by atoms with Crippen LogP contribution < -0.4 is 4.90 Å². The predicted octanol–water partition coefficient (Wildman–Crippen LogP) is 0.592. The van der Waals surface area contributed by atoms with E-state index < -0.39 is 21.2 Å². The Labute approximate surface area is 111 Å². The highest BCUT2D eigenvalue weighted by Gasteiger charge is 2.33. The summed E-state index contributed by atoms with van der Waals surface area (Å²) >= 11 is 0. The minimum Gasteiger partial charge on any atom is -0.478 e. The van der Waals surface area contributed by atoms with Gasteiger partial charge in [-0.2, -0.15) is 0 Å². The Bertz CT molecular complexity index is 584. The molecule has 1 aliphatic heterocycles. The molecule has 1 saturated heterocycles. The molecule has 1 aliphatic rings. The number of sulfone groups is 1. The Morgan fingerprint density at radius 1 is 1.42 bits per heavy atom. The third-order valence-corrected chi connectivity index (χ3v) is 4.40. The fraction of sp³-hybridized carbons (Fsp3) is 0.417. The molecule has 7 heteroatoms. The highest BCUT2D eigenvalue weighted by atomic mass is 32.2.